The largest absolute Gasteiger partial charge is 0.494 e. The summed E-state index contributed by atoms with van der Waals surface area (Å²) < 4.78 is 13.0. The summed E-state index contributed by atoms with van der Waals surface area (Å²) in [6.07, 6.45) is 0. The molecule has 9 heteroatoms. The number of nitrogens with zero attached hydrogens (tertiary/aromatic N) is 3. The fourth-order valence-electron chi connectivity index (χ4n) is 3.54. The van der Waals surface area contributed by atoms with Crippen LogP contribution in [0.2, 0.25) is 0 Å². The topological polar surface area (TPSA) is 84.4 Å². The Balaban J connectivity index is 1.51. The molecule has 8 nitrogen and oxygen atoms in total. The zero-order chi connectivity index (χ0) is 21.6. The quantitative estimate of drug-likeness (QED) is 0.549. The number of carbonyl (C=O) groups excluding carboxylic acids is 1. The molecule has 0 radical (unpaired) electrons. The molecule has 3 aromatic rings. The monoisotopic (exact) mass is 439 g/mol. The van der Waals surface area contributed by atoms with E-state index in [9.17, 15) is 4.79 Å². The highest BCUT2D eigenvalue weighted by Gasteiger charge is 2.17. The normalized spacial score (nSPS) is 13.8. The van der Waals surface area contributed by atoms with Crippen LogP contribution in [-0.4, -0.2) is 53.6 Å². The van der Waals surface area contributed by atoms with Gasteiger partial charge in [-0.05, 0) is 55.5 Å². The molecule has 31 heavy (non-hydrogen) atoms. The fraction of sp³-hybridized carbons (Fsp3) is 0.318. The number of morpholine rings is 1. The molecule has 2 aromatic carbocycles. The molecule has 0 saturated carbocycles. The molecule has 2 heterocycles. The van der Waals surface area contributed by atoms with Gasteiger partial charge in [-0.1, -0.05) is 12.1 Å². The second-order valence-electron chi connectivity index (χ2n) is 7.06. The van der Waals surface area contributed by atoms with E-state index in [1.54, 1.807) is 4.57 Å². The molecule has 1 aliphatic rings. The summed E-state index contributed by atoms with van der Waals surface area (Å²) in [4.78, 5) is 15.1. The van der Waals surface area contributed by atoms with Gasteiger partial charge in [0, 0.05) is 18.7 Å². The molecule has 0 atom stereocenters. The molecule has 2 N–H and O–H groups in total. The zero-order valence-electron chi connectivity index (χ0n) is 17.3. The third-order valence-corrected chi connectivity index (χ3v) is 5.33. The minimum atomic E-state index is -0.176. The Kier molecular flexibility index (Phi) is 6.63. The molecule has 0 bridgehead atoms. The zero-order valence-corrected chi connectivity index (χ0v) is 18.2. The first-order valence-electron chi connectivity index (χ1n) is 10.3. The number of ether oxygens (including phenoxy) is 2. The number of para-hydroxylation sites is 2. The second-order valence-corrected chi connectivity index (χ2v) is 7.45. The molecule has 1 aliphatic heterocycles. The fourth-order valence-corrected chi connectivity index (χ4v) is 3.74. The molecule has 1 saturated heterocycles. The lowest BCUT2D eigenvalue weighted by Gasteiger charge is -2.30. The maximum absolute atomic E-state index is 12.9. The number of H-pyrrole nitrogens is 1. The van der Waals surface area contributed by atoms with Gasteiger partial charge in [-0.15, -0.1) is 0 Å². The van der Waals surface area contributed by atoms with E-state index in [1.165, 1.54) is 0 Å². The van der Waals surface area contributed by atoms with Gasteiger partial charge in [-0.3, -0.25) is 14.5 Å². The Morgan fingerprint density at radius 2 is 1.94 bits per heavy atom. The summed E-state index contributed by atoms with van der Waals surface area (Å²) in [6.45, 7) is 5.54. The lowest BCUT2D eigenvalue weighted by molar-refractivity contribution is -0.116. The van der Waals surface area contributed by atoms with Gasteiger partial charge in [0.05, 0.1) is 31.2 Å². The number of nitrogens with one attached hydrogen (secondary N) is 2. The molecule has 1 fully saturated rings. The maximum atomic E-state index is 12.9. The van der Waals surface area contributed by atoms with Crippen molar-refractivity contribution in [3.05, 3.63) is 53.3 Å². The summed E-state index contributed by atoms with van der Waals surface area (Å²) in [5.41, 5.74) is 2.60. The minimum absolute atomic E-state index is 0.0509. The Bertz CT molecular complexity index is 1090. The van der Waals surface area contributed by atoms with Crippen LogP contribution in [0.4, 0.5) is 11.4 Å². The Morgan fingerprint density at radius 1 is 1.19 bits per heavy atom. The van der Waals surface area contributed by atoms with Crippen molar-refractivity contribution in [3.63, 3.8) is 0 Å². The molecule has 0 aliphatic carbocycles. The van der Waals surface area contributed by atoms with Crippen LogP contribution >= 0.6 is 12.2 Å². The highest BCUT2D eigenvalue weighted by Crippen LogP contribution is 2.27. The number of aromatic amines is 1. The number of carbonyl (C=O) groups is 1. The van der Waals surface area contributed by atoms with Gasteiger partial charge >= 0.3 is 0 Å². The van der Waals surface area contributed by atoms with Crippen molar-refractivity contribution in [2.24, 2.45) is 0 Å². The molecular weight excluding hydrogens is 414 g/mol. The van der Waals surface area contributed by atoms with Gasteiger partial charge in [0.2, 0.25) is 5.91 Å². The first-order chi connectivity index (χ1) is 15.2. The van der Waals surface area contributed by atoms with Crippen LogP contribution in [0, 0.1) is 4.77 Å². The molecule has 4 rings (SSSR count). The van der Waals surface area contributed by atoms with Crippen LogP contribution in [0.25, 0.3) is 11.4 Å². The minimum Gasteiger partial charge on any atom is -0.494 e. The highest BCUT2D eigenvalue weighted by molar-refractivity contribution is 7.71. The lowest BCUT2D eigenvalue weighted by Crippen LogP contribution is -2.36. The molecule has 0 spiro atoms. The van der Waals surface area contributed by atoms with Gasteiger partial charge in [0.15, 0.2) is 10.6 Å². The Morgan fingerprint density at radius 3 is 2.68 bits per heavy atom. The molecule has 1 aromatic heterocycles. The van der Waals surface area contributed by atoms with Crippen molar-refractivity contribution in [1.82, 2.24) is 14.8 Å². The first kappa shape index (κ1) is 21.1. The summed E-state index contributed by atoms with van der Waals surface area (Å²) in [6, 6.07) is 15.3. The van der Waals surface area contributed by atoms with Gasteiger partial charge in [0.25, 0.3) is 0 Å². The van der Waals surface area contributed by atoms with Crippen LogP contribution in [0.1, 0.15) is 6.92 Å². The number of rotatable bonds is 7. The molecular formula is C22H25N5O3S. The van der Waals surface area contributed by atoms with E-state index in [0.29, 0.717) is 30.4 Å². The predicted octanol–water partition coefficient (Wildman–Crippen LogP) is 3.48. The van der Waals surface area contributed by atoms with Crippen molar-refractivity contribution in [2.75, 3.05) is 43.1 Å². The highest BCUT2D eigenvalue weighted by atomic mass is 32.1. The molecule has 162 valence electrons. The van der Waals surface area contributed by atoms with Crippen molar-refractivity contribution in [1.29, 1.82) is 0 Å². The number of aromatic nitrogens is 3. The van der Waals surface area contributed by atoms with Crippen LogP contribution in [-0.2, 0) is 16.1 Å². The molecule has 1 amide bonds. The maximum Gasteiger partial charge on any atom is 0.244 e. The SMILES string of the molecule is CCOc1ccc(-c2n[nH]c(=S)n2CC(=O)Nc2ccccc2N2CCOCC2)cc1. The number of benzene rings is 2. The van der Waals surface area contributed by atoms with E-state index in [2.05, 4.69) is 20.4 Å². The van der Waals surface area contributed by atoms with Crippen LogP contribution < -0.4 is 15.0 Å². The van der Waals surface area contributed by atoms with Gasteiger partial charge in [-0.25, -0.2) is 0 Å². The van der Waals surface area contributed by atoms with Crippen molar-refractivity contribution < 1.29 is 14.3 Å². The Hall–Kier alpha value is -3.17. The number of hydrogen-bond donors (Lipinski definition) is 2. The predicted molar refractivity (Wildman–Crippen MR) is 122 cm³/mol. The summed E-state index contributed by atoms with van der Waals surface area (Å²) in [5, 5.41) is 10.1. The molecule has 0 unspecified atom stereocenters. The second kappa shape index (κ2) is 9.76. The standard InChI is InChI=1S/C22H25N5O3S/c1-2-30-17-9-7-16(8-10-17)21-24-25-22(31)27(21)15-20(28)23-18-5-3-4-6-19(18)26-11-13-29-14-12-26/h3-10H,2,11-15H2,1H3,(H,23,28)(H,25,31). The van der Waals surface area contributed by atoms with Gasteiger partial charge in [-0.2, -0.15) is 5.10 Å². The van der Waals surface area contributed by atoms with Gasteiger partial charge in [0.1, 0.15) is 12.3 Å². The summed E-state index contributed by atoms with van der Waals surface area (Å²) >= 11 is 5.37. The van der Waals surface area contributed by atoms with Crippen LogP contribution in [0.15, 0.2) is 48.5 Å². The van der Waals surface area contributed by atoms with Crippen molar-refractivity contribution in [3.8, 4) is 17.1 Å². The number of amides is 1. The van der Waals surface area contributed by atoms with E-state index >= 15 is 0 Å². The lowest BCUT2D eigenvalue weighted by atomic mass is 10.2. The summed E-state index contributed by atoms with van der Waals surface area (Å²) in [7, 11) is 0. The summed E-state index contributed by atoms with van der Waals surface area (Å²) in [5.74, 6) is 1.21. The number of hydrogen-bond acceptors (Lipinski definition) is 6. The van der Waals surface area contributed by atoms with E-state index in [1.807, 2.05) is 55.5 Å². The van der Waals surface area contributed by atoms with Crippen LogP contribution in [0.5, 0.6) is 5.75 Å². The Labute approximate surface area is 185 Å². The first-order valence-corrected chi connectivity index (χ1v) is 10.7. The van der Waals surface area contributed by atoms with E-state index in [0.717, 1.165) is 35.8 Å². The van der Waals surface area contributed by atoms with Crippen LogP contribution in [0.3, 0.4) is 0 Å². The van der Waals surface area contributed by atoms with Gasteiger partial charge < -0.3 is 19.7 Å². The van der Waals surface area contributed by atoms with Crippen molar-refractivity contribution >= 4 is 29.5 Å². The third kappa shape index (κ3) is 4.95. The van der Waals surface area contributed by atoms with E-state index in [4.69, 9.17) is 21.7 Å². The third-order valence-electron chi connectivity index (χ3n) is 5.01. The van der Waals surface area contributed by atoms with E-state index < -0.39 is 0 Å². The smallest absolute Gasteiger partial charge is 0.244 e. The average molecular weight is 440 g/mol. The van der Waals surface area contributed by atoms with E-state index in [-0.39, 0.29) is 12.5 Å². The number of anilines is 2. The van der Waals surface area contributed by atoms with Crippen molar-refractivity contribution in [2.45, 2.75) is 13.5 Å². The average Bonchev–Trinajstić information content (AvgIpc) is 3.15.